The Bertz CT molecular complexity index is 2000. The molecule has 1 N–H and O–H groups in total. The Hall–Kier alpha value is -4.19. The molecule has 11 nitrogen and oxygen atoms in total. The van der Waals surface area contributed by atoms with Crippen LogP contribution in [0, 0.1) is 11.8 Å². The number of benzene rings is 2. The normalized spacial score (nSPS) is 19.5. The van der Waals surface area contributed by atoms with Crippen molar-refractivity contribution in [3.05, 3.63) is 65.5 Å². The molecular weight excluding hydrogens is 618 g/mol. The number of ether oxygens (including phenoxy) is 2. The first kappa shape index (κ1) is 32.0. The summed E-state index contributed by atoms with van der Waals surface area (Å²) in [5.74, 6) is 2.99. The molecule has 3 fully saturated rings. The van der Waals surface area contributed by atoms with E-state index in [0.717, 1.165) is 73.7 Å². The monoisotopic (exact) mass is 665 g/mol. The second kappa shape index (κ2) is 12.9. The average molecular weight is 666 g/mol. The third kappa shape index (κ3) is 5.91. The largest absolute Gasteiger partial charge is 0.494 e. The number of hydrogen-bond acceptors (Lipinski definition) is 7. The quantitative estimate of drug-likeness (QED) is 0.188. The Labute approximate surface area is 287 Å². The van der Waals surface area contributed by atoms with Crippen molar-refractivity contribution in [2.45, 2.75) is 64.4 Å². The third-order valence-electron chi connectivity index (χ3n) is 10.9. The van der Waals surface area contributed by atoms with E-state index in [1.54, 1.807) is 7.11 Å². The number of carbonyl (C=O) groups excluding carboxylic acids is 1. The number of aromatic nitrogens is 5. The predicted molar refractivity (Wildman–Crippen MR) is 188 cm³/mol. The molecule has 0 radical (unpaired) electrons. The van der Waals surface area contributed by atoms with Gasteiger partial charge >= 0.3 is 0 Å². The number of aliphatic hydroxyl groups excluding tert-OH is 1. The zero-order chi connectivity index (χ0) is 33.8. The van der Waals surface area contributed by atoms with Crippen molar-refractivity contribution in [2.24, 2.45) is 18.9 Å². The molecule has 3 aromatic heterocycles. The van der Waals surface area contributed by atoms with Crippen molar-refractivity contribution in [1.82, 2.24) is 33.7 Å². The van der Waals surface area contributed by atoms with Gasteiger partial charge in [-0.2, -0.15) is 5.10 Å². The highest BCUT2D eigenvalue weighted by Gasteiger charge is 2.35. The van der Waals surface area contributed by atoms with Gasteiger partial charge in [0, 0.05) is 75.5 Å². The molecule has 3 aliphatic rings. The van der Waals surface area contributed by atoms with E-state index < -0.39 is 6.41 Å². The molecular formula is C38H47N7O4. The predicted octanol–water partition coefficient (Wildman–Crippen LogP) is 5.44. The van der Waals surface area contributed by atoms with Crippen LogP contribution in [0.2, 0.25) is 0 Å². The maximum Gasteiger partial charge on any atom is 0.254 e. The van der Waals surface area contributed by atoms with E-state index in [4.69, 9.17) is 14.5 Å². The van der Waals surface area contributed by atoms with Crippen LogP contribution in [0.4, 0.5) is 0 Å². The molecule has 8 rings (SSSR count). The Balaban J connectivity index is 1.28. The molecule has 0 spiro atoms. The zero-order valence-electron chi connectivity index (χ0n) is 29.0. The molecule has 0 bridgehead atoms. The van der Waals surface area contributed by atoms with Gasteiger partial charge in [0.25, 0.3) is 5.91 Å². The van der Waals surface area contributed by atoms with Crippen molar-refractivity contribution in [2.75, 3.05) is 40.4 Å². The Morgan fingerprint density at radius 3 is 2.59 bits per heavy atom. The van der Waals surface area contributed by atoms with Crippen LogP contribution in [0.3, 0.4) is 0 Å². The highest BCUT2D eigenvalue weighted by molar-refractivity contribution is 6.00. The second-order valence-corrected chi connectivity index (χ2v) is 14.3. The Morgan fingerprint density at radius 1 is 1.04 bits per heavy atom. The summed E-state index contributed by atoms with van der Waals surface area (Å²) in [6.07, 6.45) is 8.79. The molecule has 1 aliphatic carbocycles. The summed E-state index contributed by atoms with van der Waals surface area (Å²) in [6, 6.07) is 12.7. The van der Waals surface area contributed by atoms with Crippen molar-refractivity contribution >= 4 is 27.8 Å². The fourth-order valence-electron chi connectivity index (χ4n) is 8.02. The molecule has 1 unspecified atom stereocenters. The number of nitrogens with zero attached hydrogens (tertiary/aromatic N) is 7. The molecule has 11 heteroatoms. The van der Waals surface area contributed by atoms with Gasteiger partial charge in [-0.25, -0.2) is 4.98 Å². The average Bonchev–Trinajstić information content (AvgIpc) is 3.55. The van der Waals surface area contributed by atoms with Crippen molar-refractivity contribution in [3.63, 3.8) is 0 Å². The number of rotatable bonds is 11. The van der Waals surface area contributed by atoms with Crippen LogP contribution in [-0.2, 0) is 24.9 Å². The van der Waals surface area contributed by atoms with Crippen molar-refractivity contribution in [1.29, 1.82) is 0 Å². The standard InChI is InChI=1S/C38H47N7O4/c1-5-24-8-7-13-42(19-24)37(46)28-14-31-35(33(16-28)48-3)45(21-26-17-39-41(2)18-26)36(40-31)32-15-27-9-6-10-30(29-22-43(23-29)38(47)49-4)34(27)44(32)20-25-11-12-25/h6,9-10,14-18,24-25,29,38,47H,5,7-8,11-13,19-23H2,1-4H3/t24-,38?/m1/s1. The van der Waals surface area contributed by atoms with E-state index in [9.17, 15) is 9.90 Å². The molecule has 258 valence electrons. The minimum absolute atomic E-state index is 0.0438. The maximum absolute atomic E-state index is 13.9. The first-order chi connectivity index (χ1) is 23.8. The maximum atomic E-state index is 13.9. The Morgan fingerprint density at radius 2 is 1.88 bits per heavy atom. The number of fused-ring (bicyclic) bond motifs is 2. The lowest BCUT2D eigenvalue weighted by Gasteiger charge is -2.41. The summed E-state index contributed by atoms with van der Waals surface area (Å²) in [5.41, 5.74) is 6.87. The van der Waals surface area contributed by atoms with Gasteiger partial charge in [-0.05, 0) is 61.3 Å². The first-order valence-corrected chi connectivity index (χ1v) is 17.8. The molecule has 2 saturated heterocycles. The Kier molecular flexibility index (Phi) is 8.45. The van der Waals surface area contributed by atoms with Crippen LogP contribution >= 0.6 is 0 Å². The van der Waals surface area contributed by atoms with Crippen molar-refractivity contribution in [3.8, 4) is 17.3 Å². The molecule has 1 saturated carbocycles. The van der Waals surface area contributed by atoms with E-state index in [1.165, 1.54) is 42.8 Å². The van der Waals surface area contributed by atoms with Crippen molar-refractivity contribution < 1.29 is 19.4 Å². The number of imidazole rings is 1. The van der Waals surface area contributed by atoms with Gasteiger partial charge in [-0.3, -0.25) is 14.4 Å². The van der Waals surface area contributed by atoms with Gasteiger partial charge in [-0.1, -0.05) is 31.5 Å². The smallest absolute Gasteiger partial charge is 0.254 e. The molecule has 5 heterocycles. The van der Waals surface area contributed by atoms with Crippen LogP contribution in [-0.4, -0.2) is 91.5 Å². The number of aliphatic hydroxyl groups is 1. The summed E-state index contributed by atoms with van der Waals surface area (Å²) in [7, 11) is 5.14. The highest BCUT2D eigenvalue weighted by Crippen LogP contribution is 2.42. The van der Waals surface area contributed by atoms with E-state index in [2.05, 4.69) is 45.4 Å². The lowest BCUT2D eigenvalue weighted by Crippen LogP contribution is -2.51. The highest BCUT2D eigenvalue weighted by atomic mass is 16.6. The van der Waals surface area contributed by atoms with E-state index in [0.29, 0.717) is 35.6 Å². The van der Waals surface area contributed by atoms with E-state index >= 15 is 0 Å². The first-order valence-electron chi connectivity index (χ1n) is 17.8. The molecule has 1 amide bonds. The SMILES string of the molecule is CC[C@@H]1CCCN(C(=O)c2cc(OC)c3c(c2)nc(-c2cc4cccc(C5CN(C(O)OC)C5)c4n2CC2CC2)n3Cc2cnn(C)c2)C1. The zero-order valence-corrected chi connectivity index (χ0v) is 29.0. The van der Waals surface area contributed by atoms with Gasteiger partial charge in [0.1, 0.15) is 11.3 Å². The number of likely N-dealkylation sites (tertiary alicyclic amines) is 2. The minimum Gasteiger partial charge on any atom is -0.494 e. The second-order valence-electron chi connectivity index (χ2n) is 14.3. The van der Waals surface area contributed by atoms with Crippen LogP contribution in [0.15, 0.2) is 48.8 Å². The molecule has 2 aliphatic heterocycles. The number of piperidine rings is 1. The third-order valence-corrected chi connectivity index (χ3v) is 10.9. The number of aryl methyl sites for hydroxylation is 1. The van der Waals surface area contributed by atoms with E-state index in [1.807, 2.05) is 46.1 Å². The lowest BCUT2D eigenvalue weighted by atomic mass is 9.90. The summed E-state index contributed by atoms with van der Waals surface area (Å²) in [4.78, 5) is 23.3. The van der Waals surface area contributed by atoms with Crippen LogP contribution < -0.4 is 4.74 Å². The van der Waals surface area contributed by atoms with E-state index in [-0.39, 0.29) is 5.91 Å². The van der Waals surface area contributed by atoms with Gasteiger partial charge < -0.3 is 28.6 Å². The summed E-state index contributed by atoms with van der Waals surface area (Å²) < 4.78 is 17.8. The number of hydrogen-bond donors (Lipinski definition) is 1. The summed E-state index contributed by atoms with van der Waals surface area (Å²) in [5, 5.41) is 15.9. The van der Waals surface area contributed by atoms with Gasteiger partial charge in [0.15, 0.2) is 5.82 Å². The number of methoxy groups -OCH3 is 2. The molecule has 2 atom stereocenters. The van der Waals surface area contributed by atoms with Crippen LogP contribution in [0.1, 0.15) is 66.4 Å². The number of carbonyl (C=O) groups is 1. The number of para-hydroxylation sites is 1. The fourth-order valence-corrected chi connectivity index (χ4v) is 8.02. The lowest BCUT2D eigenvalue weighted by molar-refractivity contribution is -0.200. The summed E-state index contributed by atoms with van der Waals surface area (Å²) in [6.45, 7) is 6.73. The van der Waals surface area contributed by atoms with Crippen LogP contribution in [0.5, 0.6) is 5.75 Å². The van der Waals surface area contributed by atoms with Crippen LogP contribution in [0.25, 0.3) is 33.5 Å². The fraction of sp³-hybridized carbons (Fsp3) is 0.500. The molecule has 49 heavy (non-hydrogen) atoms. The molecule has 2 aromatic carbocycles. The topological polar surface area (TPSA) is 103 Å². The van der Waals surface area contributed by atoms with Gasteiger partial charge in [0.05, 0.1) is 36.6 Å². The van der Waals surface area contributed by atoms with Gasteiger partial charge in [-0.15, -0.1) is 0 Å². The molecule has 5 aromatic rings. The summed E-state index contributed by atoms with van der Waals surface area (Å²) >= 11 is 0. The minimum atomic E-state index is -0.883. The number of amides is 1. The van der Waals surface area contributed by atoms with Gasteiger partial charge in [0.2, 0.25) is 6.41 Å².